The molecule has 0 heterocycles. The highest BCUT2D eigenvalue weighted by Gasteiger charge is 2.11. The van der Waals surface area contributed by atoms with E-state index in [-0.39, 0.29) is 10.7 Å². The van der Waals surface area contributed by atoms with E-state index in [0.29, 0.717) is 11.5 Å². The fourth-order valence-corrected chi connectivity index (χ4v) is 3.32. The molecule has 0 radical (unpaired) electrons. The van der Waals surface area contributed by atoms with Crippen LogP contribution in [0.4, 0.5) is 0 Å². The minimum Gasteiger partial charge on any atom is -0.289 e. The molecule has 0 unspecified atom stereocenters. The average Bonchev–Trinajstić information content (AvgIpc) is 2.72. The smallest absolute Gasteiger partial charge is 0.185 e. The Kier molecular flexibility index (Phi) is 5.34. The molecule has 4 heteroatoms. The van der Waals surface area contributed by atoms with Crippen LogP contribution < -0.4 is 0 Å². The van der Waals surface area contributed by atoms with Crippen LogP contribution in [-0.4, -0.2) is 20.5 Å². The summed E-state index contributed by atoms with van der Waals surface area (Å²) in [7, 11) is -3.21. The van der Waals surface area contributed by atoms with Gasteiger partial charge in [0.25, 0.3) is 0 Å². The van der Waals surface area contributed by atoms with E-state index in [0.717, 1.165) is 19.1 Å². The number of ketones is 1. The van der Waals surface area contributed by atoms with Crippen molar-refractivity contribution in [2.75, 3.05) is 6.26 Å². The van der Waals surface area contributed by atoms with E-state index in [1.165, 1.54) is 37.8 Å². The van der Waals surface area contributed by atoms with Crippen molar-refractivity contribution in [2.24, 2.45) is 5.92 Å². The fraction of sp³-hybridized carbons (Fsp3) is 0.471. The molecule has 1 aliphatic carbocycles. The van der Waals surface area contributed by atoms with Crippen molar-refractivity contribution in [1.29, 1.82) is 0 Å². The first kappa shape index (κ1) is 16.0. The summed E-state index contributed by atoms with van der Waals surface area (Å²) >= 11 is 0. The number of carbonyl (C=O) groups is 1. The van der Waals surface area contributed by atoms with Crippen LogP contribution in [0.3, 0.4) is 0 Å². The Morgan fingerprint density at radius 3 is 2.14 bits per heavy atom. The molecule has 1 aromatic carbocycles. The Morgan fingerprint density at radius 2 is 1.62 bits per heavy atom. The number of allylic oxidation sites excluding steroid dienone is 2. The molecule has 0 N–H and O–H groups in total. The van der Waals surface area contributed by atoms with Crippen LogP contribution in [0.15, 0.2) is 41.3 Å². The monoisotopic (exact) mass is 306 g/mol. The van der Waals surface area contributed by atoms with Gasteiger partial charge in [-0.1, -0.05) is 31.8 Å². The largest absolute Gasteiger partial charge is 0.289 e. The molecule has 0 aromatic heterocycles. The van der Waals surface area contributed by atoms with Crippen LogP contribution in [0.2, 0.25) is 0 Å². The molecule has 3 nitrogen and oxygen atoms in total. The topological polar surface area (TPSA) is 51.2 Å². The zero-order chi connectivity index (χ0) is 15.3. The number of carbonyl (C=O) groups excluding carboxylic acids is 1. The highest BCUT2D eigenvalue weighted by Crippen LogP contribution is 2.24. The van der Waals surface area contributed by atoms with E-state index in [1.807, 2.05) is 6.08 Å². The molecule has 0 amide bonds. The van der Waals surface area contributed by atoms with Gasteiger partial charge in [-0.2, -0.15) is 0 Å². The fourth-order valence-electron chi connectivity index (χ4n) is 2.69. The summed E-state index contributed by atoms with van der Waals surface area (Å²) in [6, 6.07) is 6.14. The summed E-state index contributed by atoms with van der Waals surface area (Å²) in [6.07, 6.45) is 12.2. The van der Waals surface area contributed by atoms with Crippen LogP contribution in [0.5, 0.6) is 0 Å². The van der Waals surface area contributed by atoms with E-state index < -0.39 is 9.84 Å². The maximum Gasteiger partial charge on any atom is 0.185 e. The van der Waals surface area contributed by atoms with Crippen molar-refractivity contribution in [3.8, 4) is 0 Å². The van der Waals surface area contributed by atoms with Gasteiger partial charge in [-0.15, -0.1) is 0 Å². The molecule has 21 heavy (non-hydrogen) atoms. The van der Waals surface area contributed by atoms with Gasteiger partial charge >= 0.3 is 0 Å². The second kappa shape index (κ2) is 7.03. The highest BCUT2D eigenvalue weighted by atomic mass is 32.2. The maximum atomic E-state index is 12.1. The average molecular weight is 306 g/mol. The highest BCUT2D eigenvalue weighted by molar-refractivity contribution is 7.90. The van der Waals surface area contributed by atoms with E-state index in [2.05, 4.69) is 0 Å². The summed E-state index contributed by atoms with van der Waals surface area (Å²) in [5, 5.41) is 0. The van der Waals surface area contributed by atoms with Gasteiger partial charge in [0.15, 0.2) is 15.6 Å². The molecule has 1 aromatic rings. The Hall–Kier alpha value is -1.42. The Bertz CT molecular complexity index is 604. The summed E-state index contributed by atoms with van der Waals surface area (Å²) in [6.45, 7) is 0. The van der Waals surface area contributed by atoms with Gasteiger partial charge in [-0.05, 0) is 49.1 Å². The first-order valence-electron chi connectivity index (χ1n) is 7.49. The standard InChI is InChI=1S/C17H22O3S/c1-21(19,20)16-11-9-15(10-12-16)17(18)13-8-14-6-4-2-3-5-7-14/h8-14H,2-7H2,1H3/b13-8+. The zero-order valence-corrected chi connectivity index (χ0v) is 13.2. The Morgan fingerprint density at radius 1 is 1.05 bits per heavy atom. The third-order valence-electron chi connectivity index (χ3n) is 3.99. The van der Waals surface area contributed by atoms with Crippen molar-refractivity contribution < 1.29 is 13.2 Å². The second-order valence-corrected chi connectivity index (χ2v) is 7.79. The van der Waals surface area contributed by atoms with Crippen molar-refractivity contribution in [3.63, 3.8) is 0 Å². The minimum atomic E-state index is -3.21. The van der Waals surface area contributed by atoms with Gasteiger partial charge in [0.1, 0.15) is 0 Å². The normalized spacial score (nSPS) is 17.8. The summed E-state index contributed by atoms with van der Waals surface area (Å²) in [5.74, 6) is 0.450. The van der Waals surface area contributed by atoms with E-state index in [1.54, 1.807) is 18.2 Å². The van der Waals surface area contributed by atoms with Gasteiger partial charge in [0, 0.05) is 11.8 Å². The molecule has 1 fully saturated rings. The van der Waals surface area contributed by atoms with Gasteiger partial charge in [0.2, 0.25) is 0 Å². The Labute approximate surface area is 127 Å². The first-order valence-corrected chi connectivity index (χ1v) is 9.38. The van der Waals surface area contributed by atoms with E-state index in [4.69, 9.17) is 0 Å². The van der Waals surface area contributed by atoms with Crippen LogP contribution in [-0.2, 0) is 9.84 Å². The quantitative estimate of drug-likeness (QED) is 0.483. The van der Waals surface area contributed by atoms with Crippen LogP contribution in [0.1, 0.15) is 48.9 Å². The summed E-state index contributed by atoms with van der Waals surface area (Å²) < 4.78 is 22.8. The van der Waals surface area contributed by atoms with Gasteiger partial charge in [-0.25, -0.2) is 8.42 Å². The molecule has 0 atom stereocenters. The van der Waals surface area contributed by atoms with Crippen molar-refractivity contribution >= 4 is 15.6 Å². The number of benzene rings is 1. The van der Waals surface area contributed by atoms with Crippen molar-refractivity contribution in [3.05, 3.63) is 42.0 Å². The summed E-state index contributed by atoms with van der Waals surface area (Å²) in [4.78, 5) is 12.3. The molecule has 0 bridgehead atoms. The lowest BCUT2D eigenvalue weighted by Gasteiger charge is -2.07. The maximum absolute atomic E-state index is 12.1. The molecule has 2 rings (SSSR count). The predicted octanol–water partition coefficient (Wildman–Crippen LogP) is 3.80. The molecular formula is C17H22O3S. The number of sulfone groups is 1. The van der Waals surface area contributed by atoms with E-state index >= 15 is 0 Å². The molecule has 0 saturated heterocycles. The van der Waals surface area contributed by atoms with Crippen molar-refractivity contribution in [2.45, 2.75) is 43.4 Å². The second-order valence-electron chi connectivity index (χ2n) is 5.77. The lowest BCUT2D eigenvalue weighted by Crippen LogP contribution is -2.00. The predicted molar refractivity (Wildman–Crippen MR) is 84.2 cm³/mol. The first-order chi connectivity index (χ1) is 9.97. The molecule has 114 valence electrons. The zero-order valence-electron chi connectivity index (χ0n) is 12.4. The van der Waals surface area contributed by atoms with Gasteiger partial charge in [0.05, 0.1) is 4.90 Å². The Balaban J connectivity index is 2.02. The third-order valence-corrected chi connectivity index (χ3v) is 5.12. The molecular weight excluding hydrogens is 284 g/mol. The lowest BCUT2D eigenvalue weighted by molar-refractivity contribution is 0.104. The van der Waals surface area contributed by atoms with Gasteiger partial charge < -0.3 is 0 Å². The SMILES string of the molecule is CS(=O)(=O)c1ccc(C(=O)/C=C/C2CCCCCC2)cc1. The lowest BCUT2D eigenvalue weighted by atomic mass is 9.99. The third kappa shape index (κ3) is 4.81. The number of hydrogen-bond acceptors (Lipinski definition) is 3. The van der Waals surface area contributed by atoms with Crippen molar-refractivity contribution in [1.82, 2.24) is 0 Å². The van der Waals surface area contributed by atoms with Crippen LogP contribution in [0.25, 0.3) is 0 Å². The molecule has 0 aliphatic heterocycles. The molecule has 0 spiro atoms. The van der Waals surface area contributed by atoms with Crippen LogP contribution >= 0.6 is 0 Å². The summed E-state index contributed by atoms with van der Waals surface area (Å²) in [5.41, 5.74) is 0.535. The van der Waals surface area contributed by atoms with Gasteiger partial charge in [-0.3, -0.25) is 4.79 Å². The number of hydrogen-bond donors (Lipinski definition) is 0. The molecule has 1 aliphatic rings. The van der Waals surface area contributed by atoms with E-state index in [9.17, 15) is 13.2 Å². The molecule has 1 saturated carbocycles. The minimum absolute atomic E-state index is 0.0562. The van der Waals surface area contributed by atoms with Crippen LogP contribution in [0, 0.1) is 5.92 Å². The number of rotatable bonds is 4.